The summed E-state index contributed by atoms with van der Waals surface area (Å²) in [5.74, 6) is 1.16. The molecule has 1 aromatic carbocycles. The standard InChI is InChI=1S/C13H14BrNO2S/c14-9-3-1-2-7-11(13(16)17)8-6-18-5-4-10(8)15-12(7)9/h1-3,8,10-11,15H,4-6H2,(H,16,17). The highest BCUT2D eigenvalue weighted by atomic mass is 79.9. The fourth-order valence-corrected chi connectivity index (χ4v) is 4.73. The zero-order chi connectivity index (χ0) is 12.7. The van der Waals surface area contributed by atoms with Gasteiger partial charge >= 0.3 is 5.97 Å². The Morgan fingerprint density at radius 1 is 1.50 bits per heavy atom. The van der Waals surface area contributed by atoms with Crippen molar-refractivity contribution < 1.29 is 9.90 Å². The van der Waals surface area contributed by atoms with Crippen LogP contribution in [0.25, 0.3) is 0 Å². The van der Waals surface area contributed by atoms with E-state index in [9.17, 15) is 9.90 Å². The lowest BCUT2D eigenvalue weighted by Gasteiger charge is -2.41. The predicted octanol–water partition coefficient (Wildman–Crippen LogP) is 3.16. The van der Waals surface area contributed by atoms with E-state index in [2.05, 4.69) is 21.2 Å². The summed E-state index contributed by atoms with van der Waals surface area (Å²) >= 11 is 5.38. The molecule has 1 fully saturated rings. The summed E-state index contributed by atoms with van der Waals surface area (Å²) in [5.41, 5.74) is 1.89. The fraction of sp³-hybridized carbons (Fsp3) is 0.462. The summed E-state index contributed by atoms with van der Waals surface area (Å²) in [6.07, 6.45) is 1.04. The van der Waals surface area contributed by atoms with Gasteiger partial charge in [0.25, 0.3) is 0 Å². The Balaban J connectivity index is 2.10. The van der Waals surface area contributed by atoms with Crippen molar-refractivity contribution in [2.75, 3.05) is 16.8 Å². The number of carboxylic acid groups (broad SMARTS) is 1. The molecule has 96 valence electrons. The molecular weight excluding hydrogens is 314 g/mol. The van der Waals surface area contributed by atoms with Crippen molar-refractivity contribution >= 4 is 39.3 Å². The molecule has 2 heterocycles. The predicted molar refractivity (Wildman–Crippen MR) is 77.4 cm³/mol. The van der Waals surface area contributed by atoms with Crippen LogP contribution >= 0.6 is 27.7 Å². The molecule has 3 rings (SSSR count). The van der Waals surface area contributed by atoms with Crippen LogP contribution in [0.15, 0.2) is 22.7 Å². The van der Waals surface area contributed by atoms with Crippen LogP contribution in [0.4, 0.5) is 5.69 Å². The zero-order valence-corrected chi connectivity index (χ0v) is 12.1. The zero-order valence-electron chi connectivity index (χ0n) is 9.73. The lowest BCUT2D eigenvalue weighted by molar-refractivity contribution is -0.140. The average Bonchev–Trinajstić information content (AvgIpc) is 2.36. The van der Waals surface area contributed by atoms with Crippen LogP contribution in [0.1, 0.15) is 17.9 Å². The van der Waals surface area contributed by atoms with Crippen molar-refractivity contribution in [3.8, 4) is 0 Å². The van der Waals surface area contributed by atoms with Gasteiger partial charge in [-0.2, -0.15) is 11.8 Å². The molecule has 0 bridgehead atoms. The Morgan fingerprint density at radius 2 is 2.33 bits per heavy atom. The van der Waals surface area contributed by atoms with E-state index < -0.39 is 5.97 Å². The molecule has 1 saturated heterocycles. The monoisotopic (exact) mass is 327 g/mol. The number of thioether (sulfide) groups is 1. The molecule has 3 nitrogen and oxygen atoms in total. The van der Waals surface area contributed by atoms with Gasteiger partial charge in [-0.05, 0) is 45.5 Å². The number of fused-ring (bicyclic) bond motifs is 2. The van der Waals surface area contributed by atoms with E-state index in [1.54, 1.807) is 0 Å². The van der Waals surface area contributed by atoms with Gasteiger partial charge in [0.1, 0.15) is 0 Å². The van der Waals surface area contributed by atoms with Crippen molar-refractivity contribution in [1.82, 2.24) is 0 Å². The molecule has 5 heteroatoms. The smallest absolute Gasteiger partial charge is 0.311 e. The van der Waals surface area contributed by atoms with E-state index in [4.69, 9.17) is 0 Å². The van der Waals surface area contributed by atoms with E-state index in [1.807, 2.05) is 30.0 Å². The molecule has 3 atom stereocenters. The van der Waals surface area contributed by atoms with Crippen LogP contribution in [0.3, 0.4) is 0 Å². The Morgan fingerprint density at radius 3 is 3.11 bits per heavy atom. The highest BCUT2D eigenvalue weighted by molar-refractivity contribution is 9.10. The molecule has 2 aliphatic rings. The first-order chi connectivity index (χ1) is 8.68. The number of anilines is 1. The highest BCUT2D eigenvalue weighted by Gasteiger charge is 2.42. The molecule has 18 heavy (non-hydrogen) atoms. The van der Waals surface area contributed by atoms with Crippen molar-refractivity contribution in [3.63, 3.8) is 0 Å². The number of hydrogen-bond acceptors (Lipinski definition) is 3. The van der Waals surface area contributed by atoms with Gasteiger partial charge in [0.05, 0.1) is 11.6 Å². The minimum Gasteiger partial charge on any atom is -0.481 e. The molecule has 0 amide bonds. The lowest BCUT2D eigenvalue weighted by Crippen LogP contribution is -2.44. The summed E-state index contributed by atoms with van der Waals surface area (Å²) < 4.78 is 0.961. The quantitative estimate of drug-likeness (QED) is 0.831. The molecule has 0 spiro atoms. The van der Waals surface area contributed by atoms with Crippen molar-refractivity contribution in [1.29, 1.82) is 0 Å². The molecule has 0 saturated carbocycles. The fourth-order valence-electron chi connectivity index (χ4n) is 2.95. The van der Waals surface area contributed by atoms with Gasteiger partial charge in [-0.3, -0.25) is 4.79 Å². The van der Waals surface area contributed by atoms with E-state index in [0.29, 0.717) is 6.04 Å². The van der Waals surface area contributed by atoms with Crippen molar-refractivity contribution in [3.05, 3.63) is 28.2 Å². The largest absolute Gasteiger partial charge is 0.481 e. The Bertz CT molecular complexity index is 494. The van der Waals surface area contributed by atoms with Crippen LogP contribution in [0.5, 0.6) is 0 Å². The van der Waals surface area contributed by atoms with Crippen LogP contribution in [0.2, 0.25) is 0 Å². The normalized spacial score (nSPS) is 29.9. The Labute approximate surface area is 118 Å². The average molecular weight is 328 g/mol. The number of aliphatic carboxylic acids is 1. The number of hydrogen-bond donors (Lipinski definition) is 2. The third kappa shape index (κ3) is 1.93. The van der Waals surface area contributed by atoms with Crippen LogP contribution in [0, 0.1) is 5.92 Å². The van der Waals surface area contributed by atoms with Gasteiger partial charge in [-0.15, -0.1) is 0 Å². The second-order valence-corrected chi connectivity index (χ2v) is 6.80. The van der Waals surface area contributed by atoms with Gasteiger partial charge in [0.2, 0.25) is 0 Å². The van der Waals surface area contributed by atoms with Gasteiger partial charge in [0.15, 0.2) is 0 Å². The van der Waals surface area contributed by atoms with Gasteiger partial charge in [-0.1, -0.05) is 12.1 Å². The maximum absolute atomic E-state index is 11.6. The second kappa shape index (κ2) is 4.78. The molecule has 1 aromatic rings. The maximum atomic E-state index is 11.6. The molecule has 0 aliphatic carbocycles. The number of carboxylic acids is 1. The maximum Gasteiger partial charge on any atom is 0.311 e. The second-order valence-electron chi connectivity index (χ2n) is 4.80. The number of nitrogens with one attached hydrogen (secondary N) is 1. The summed E-state index contributed by atoms with van der Waals surface area (Å²) in [6.45, 7) is 0. The first-order valence-electron chi connectivity index (χ1n) is 6.04. The summed E-state index contributed by atoms with van der Waals surface area (Å²) in [5, 5.41) is 13.1. The minimum atomic E-state index is -0.701. The van der Waals surface area contributed by atoms with E-state index >= 15 is 0 Å². The van der Waals surface area contributed by atoms with Crippen LogP contribution < -0.4 is 5.32 Å². The lowest BCUT2D eigenvalue weighted by atomic mass is 9.77. The molecule has 2 N–H and O–H groups in total. The summed E-state index contributed by atoms with van der Waals surface area (Å²) in [4.78, 5) is 11.6. The number of carbonyl (C=O) groups is 1. The van der Waals surface area contributed by atoms with Crippen molar-refractivity contribution in [2.45, 2.75) is 18.4 Å². The minimum absolute atomic E-state index is 0.197. The number of para-hydroxylation sites is 1. The number of halogens is 1. The van der Waals surface area contributed by atoms with E-state index in [-0.39, 0.29) is 11.8 Å². The third-order valence-corrected chi connectivity index (χ3v) is 5.61. The Kier molecular flexibility index (Phi) is 3.28. The molecule has 0 radical (unpaired) electrons. The third-order valence-electron chi connectivity index (χ3n) is 3.81. The van der Waals surface area contributed by atoms with Gasteiger partial charge in [0, 0.05) is 16.4 Å². The van der Waals surface area contributed by atoms with Crippen LogP contribution in [-0.2, 0) is 4.79 Å². The van der Waals surface area contributed by atoms with E-state index in [1.165, 1.54) is 0 Å². The van der Waals surface area contributed by atoms with Crippen molar-refractivity contribution in [2.24, 2.45) is 5.92 Å². The topological polar surface area (TPSA) is 49.3 Å². The molecular formula is C13H14BrNO2S. The Hall–Kier alpha value is -0.680. The first-order valence-corrected chi connectivity index (χ1v) is 7.98. The molecule has 2 aliphatic heterocycles. The number of rotatable bonds is 1. The summed E-state index contributed by atoms with van der Waals surface area (Å²) in [7, 11) is 0. The highest BCUT2D eigenvalue weighted by Crippen LogP contribution is 2.45. The first kappa shape index (κ1) is 12.4. The van der Waals surface area contributed by atoms with Crippen LogP contribution in [-0.4, -0.2) is 28.6 Å². The molecule has 0 aromatic heterocycles. The van der Waals surface area contributed by atoms with E-state index in [0.717, 1.165) is 33.7 Å². The van der Waals surface area contributed by atoms with Gasteiger partial charge in [-0.25, -0.2) is 0 Å². The summed E-state index contributed by atoms with van der Waals surface area (Å²) in [6, 6.07) is 6.10. The van der Waals surface area contributed by atoms with Gasteiger partial charge < -0.3 is 10.4 Å². The SMILES string of the molecule is O=C(O)C1c2cccc(Br)c2NC2CCSCC21. The molecule has 3 unspecified atom stereocenters. The number of benzene rings is 1.